The number of hydrogen-bond donors (Lipinski definition) is 3. The first kappa shape index (κ1) is 14.4. The lowest BCUT2D eigenvalue weighted by molar-refractivity contribution is 0.410. The van der Waals surface area contributed by atoms with Crippen LogP contribution in [0.5, 0.6) is 0 Å². The van der Waals surface area contributed by atoms with Crippen LogP contribution in [-0.2, 0) is 6.42 Å². The van der Waals surface area contributed by atoms with E-state index in [1.54, 1.807) is 0 Å². The molecule has 1 aromatic rings. The molecule has 0 amide bonds. The largest absolute Gasteiger partial charge is 0.383 e. The molecule has 21 heavy (non-hydrogen) atoms. The van der Waals surface area contributed by atoms with Crippen LogP contribution in [-0.4, -0.2) is 36.1 Å². The Morgan fingerprint density at radius 1 is 1.19 bits per heavy atom. The molecule has 0 aromatic carbocycles. The molecule has 2 heterocycles. The zero-order valence-electron chi connectivity index (χ0n) is 13.3. The molecule has 0 unspecified atom stereocenters. The molecule has 3 rings (SSSR count). The van der Waals surface area contributed by atoms with Gasteiger partial charge in [0, 0.05) is 24.7 Å². The Labute approximate surface area is 126 Å². The second-order valence-electron chi connectivity index (χ2n) is 7.55. The molecular weight excluding hydrogens is 264 g/mol. The van der Waals surface area contributed by atoms with Gasteiger partial charge >= 0.3 is 0 Å². The summed E-state index contributed by atoms with van der Waals surface area (Å²) in [4.78, 5) is 11.0. The molecule has 6 nitrogen and oxygen atoms in total. The van der Waals surface area contributed by atoms with Gasteiger partial charge in [-0.05, 0) is 30.7 Å². The minimum absolute atomic E-state index is 0.137. The minimum Gasteiger partial charge on any atom is -0.383 e. The fraction of sp³-hybridized carbons (Fsp3) is 0.733. The van der Waals surface area contributed by atoms with E-state index in [-0.39, 0.29) is 11.4 Å². The maximum absolute atomic E-state index is 6.13. The van der Waals surface area contributed by atoms with Crippen molar-refractivity contribution in [3.05, 3.63) is 5.56 Å². The number of nitrogens with zero attached hydrogens (tertiary/aromatic N) is 3. The number of fused-ring (bicyclic) bond motifs is 1. The lowest BCUT2D eigenvalue weighted by Crippen LogP contribution is -2.32. The normalized spacial score (nSPS) is 27.8. The highest BCUT2D eigenvalue weighted by atomic mass is 15.3. The summed E-state index contributed by atoms with van der Waals surface area (Å²) >= 11 is 0. The number of anilines is 3. The average molecular weight is 290 g/mol. The molecule has 1 aliphatic carbocycles. The lowest BCUT2D eigenvalue weighted by atomic mass is 9.88. The smallest absolute Gasteiger partial charge is 0.223 e. The summed E-state index contributed by atoms with van der Waals surface area (Å²) in [5.74, 6) is 3.20. The fourth-order valence-corrected chi connectivity index (χ4v) is 3.60. The van der Waals surface area contributed by atoms with Crippen molar-refractivity contribution in [3.63, 3.8) is 0 Å². The topological polar surface area (TPSA) is 93.1 Å². The van der Waals surface area contributed by atoms with E-state index >= 15 is 0 Å². The lowest BCUT2D eigenvalue weighted by Gasteiger charge is -2.27. The molecule has 6 heteroatoms. The highest BCUT2D eigenvalue weighted by Gasteiger charge is 2.55. The van der Waals surface area contributed by atoms with Crippen molar-refractivity contribution in [2.24, 2.45) is 17.3 Å². The van der Waals surface area contributed by atoms with Crippen LogP contribution < -0.4 is 21.7 Å². The van der Waals surface area contributed by atoms with E-state index in [2.05, 4.69) is 41.0 Å². The first-order chi connectivity index (χ1) is 9.80. The molecule has 3 atom stereocenters. The Hall–Kier alpha value is -1.56. The van der Waals surface area contributed by atoms with Gasteiger partial charge in [-0.25, -0.2) is 0 Å². The van der Waals surface area contributed by atoms with Gasteiger partial charge in [-0.15, -0.1) is 0 Å². The first-order valence-electron chi connectivity index (χ1n) is 7.64. The Kier molecular flexibility index (Phi) is 3.24. The molecule has 0 bridgehead atoms. The monoisotopic (exact) mass is 290 g/mol. The zero-order valence-corrected chi connectivity index (χ0v) is 13.3. The van der Waals surface area contributed by atoms with Crippen molar-refractivity contribution in [2.45, 2.75) is 33.2 Å². The summed E-state index contributed by atoms with van der Waals surface area (Å²) in [6.45, 7) is 8.66. The molecule has 2 aliphatic rings. The van der Waals surface area contributed by atoms with E-state index in [1.807, 2.05) is 7.05 Å². The Balaban J connectivity index is 1.88. The van der Waals surface area contributed by atoms with Gasteiger partial charge in [-0.1, -0.05) is 20.8 Å². The molecule has 116 valence electrons. The van der Waals surface area contributed by atoms with Crippen molar-refractivity contribution in [1.29, 1.82) is 0 Å². The SMILES string of the molecule is CN[C@@H]1[C@@H]2CN(c3nc(N)nc(N)c3CC(C)(C)C)C[C@@H]21. The van der Waals surface area contributed by atoms with Crippen molar-refractivity contribution < 1.29 is 0 Å². The van der Waals surface area contributed by atoms with E-state index < -0.39 is 0 Å². The molecule has 0 radical (unpaired) electrons. The van der Waals surface area contributed by atoms with E-state index in [1.165, 1.54) is 0 Å². The standard InChI is InChI=1S/C15H26N6/c1-15(2,3)5-8-12(16)19-14(17)20-13(8)21-6-9-10(7-21)11(9)18-4/h9-11,18H,5-7H2,1-4H3,(H4,16,17,19,20)/t9-,10+,11-. The van der Waals surface area contributed by atoms with Gasteiger partial charge in [0.05, 0.1) is 0 Å². The van der Waals surface area contributed by atoms with E-state index in [0.29, 0.717) is 11.9 Å². The highest BCUT2D eigenvalue weighted by Crippen LogP contribution is 2.47. The van der Waals surface area contributed by atoms with Crippen LogP contribution in [0.2, 0.25) is 0 Å². The van der Waals surface area contributed by atoms with E-state index in [4.69, 9.17) is 11.5 Å². The third-order valence-electron chi connectivity index (χ3n) is 4.57. The number of hydrogen-bond acceptors (Lipinski definition) is 6. The second kappa shape index (κ2) is 4.73. The van der Waals surface area contributed by atoms with Gasteiger partial charge in [-0.2, -0.15) is 9.97 Å². The van der Waals surface area contributed by atoms with Crippen molar-refractivity contribution in [3.8, 4) is 0 Å². The quantitative estimate of drug-likeness (QED) is 0.765. The van der Waals surface area contributed by atoms with Gasteiger partial charge in [-0.3, -0.25) is 0 Å². The molecule has 5 N–H and O–H groups in total. The average Bonchev–Trinajstić information content (AvgIpc) is 2.83. The first-order valence-corrected chi connectivity index (χ1v) is 7.64. The molecule has 2 fully saturated rings. The maximum atomic E-state index is 6.13. The van der Waals surface area contributed by atoms with Crippen molar-refractivity contribution >= 4 is 17.6 Å². The second-order valence-corrected chi connectivity index (χ2v) is 7.55. The summed E-state index contributed by atoms with van der Waals surface area (Å²) in [5, 5.41) is 3.38. The van der Waals surface area contributed by atoms with Gasteiger partial charge in [0.25, 0.3) is 0 Å². The zero-order chi connectivity index (χ0) is 15.4. The van der Waals surface area contributed by atoms with E-state index in [9.17, 15) is 0 Å². The van der Waals surface area contributed by atoms with E-state index in [0.717, 1.165) is 42.7 Å². The summed E-state index contributed by atoms with van der Waals surface area (Å²) < 4.78 is 0. The molecule has 1 saturated carbocycles. The molecule has 1 aliphatic heterocycles. The van der Waals surface area contributed by atoms with Gasteiger partial charge in [0.2, 0.25) is 5.95 Å². The summed E-state index contributed by atoms with van der Waals surface area (Å²) in [5.41, 5.74) is 13.1. The van der Waals surface area contributed by atoms with Crippen LogP contribution in [0, 0.1) is 17.3 Å². The van der Waals surface area contributed by atoms with Crippen LogP contribution >= 0.6 is 0 Å². The molecule has 0 spiro atoms. The molecule has 1 aromatic heterocycles. The number of nitrogens with one attached hydrogen (secondary N) is 1. The van der Waals surface area contributed by atoms with Crippen LogP contribution in [0.4, 0.5) is 17.6 Å². The van der Waals surface area contributed by atoms with Crippen molar-refractivity contribution in [1.82, 2.24) is 15.3 Å². The summed E-state index contributed by atoms with van der Waals surface area (Å²) in [6.07, 6.45) is 0.857. The molecule has 1 saturated heterocycles. The summed E-state index contributed by atoms with van der Waals surface area (Å²) in [6, 6.07) is 0.670. The fourth-order valence-electron chi connectivity index (χ4n) is 3.60. The number of piperidine rings is 1. The van der Waals surface area contributed by atoms with Crippen LogP contribution in [0.3, 0.4) is 0 Å². The number of aromatic nitrogens is 2. The van der Waals surface area contributed by atoms with Gasteiger partial charge < -0.3 is 21.7 Å². The highest BCUT2D eigenvalue weighted by molar-refractivity contribution is 5.61. The van der Waals surface area contributed by atoms with Crippen molar-refractivity contribution in [2.75, 3.05) is 36.5 Å². The van der Waals surface area contributed by atoms with Crippen LogP contribution in [0.15, 0.2) is 0 Å². The maximum Gasteiger partial charge on any atom is 0.223 e. The third-order valence-corrected chi connectivity index (χ3v) is 4.57. The van der Waals surface area contributed by atoms with Crippen LogP contribution in [0.25, 0.3) is 0 Å². The predicted molar refractivity (Wildman–Crippen MR) is 86.1 cm³/mol. The number of rotatable bonds is 3. The Morgan fingerprint density at radius 3 is 2.33 bits per heavy atom. The van der Waals surface area contributed by atoms with Gasteiger partial charge in [0.1, 0.15) is 11.6 Å². The predicted octanol–water partition coefficient (Wildman–Crippen LogP) is 0.884. The Bertz CT molecular complexity index is 538. The number of nitrogens with two attached hydrogens (primary N) is 2. The Morgan fingerprint density at radius 2 is 1.81 bits per heavy atom. The summed E-state index contributed by atoms with van der Waals surface area (Å²) in [7, 11) is 2.04. The van der Waals surface area contributed by atoms with Crippen LogP contribution in [0.1, 0.15) is 26.3 Å². The third kappa shape index (κ3) is 2.64. The molecular formula is C15H26N6. The minimum atomic E-state index is 0.137. The number of nitrogen functional groups attached to an aromatic ring is 2. The van der Waals surface area contributed by atoms with Gasteiger partial charge in [0.15, 0.2) is 0 Å².